The van der Waals surface area contributed by atoms with Crippen molar-refractivity contribution in [3.05, 3.63) is 156 Å². The molecule has 0 spiro atoms. The number of rotatable bonds is 0. The van der Waals surface area contributed by atoms with E-state index >= 15 is 0 Å². The quantitative estimate of drug-likeness (QED) is 0.149. The number of hydrogen-bond donors (Lipinski definition) is 0. The van der Waals surface area contributed by atoms with Gasteiger partial charge < -0.3 is 4.57 Å². The molecule has 63 heavy (non-hydrogen) atoms. The Balaban J connectivity index is 0.000000375. The van der Waals surface area contributed by atoms with Crippen LogP contribution in [0.2, 0.25) is 0 Å². The maximum absolute atomic E-state index is 4.30. The number of pyridine rings is 4. The zero-order chi connectivity index (χ0) is 47.3. The molecular weight excluding hydrogens is 797 g/mol. The van der Waals surface area contributed by atoms with Crippen molar-refractivity contribution in [2.45, 2.75) is 104 Å². The van der Waals surface area contributed by atoms with Crippen LogP contribution in [0.4, 0.5) is 0 Å². The van der Waals surface area contributed by atoms with Crippen molar-refractivity contribution < 1.29 is 0 Å². The summed E-state index contributed by atoms with van der Waals surface area (Å²) in [6.45, 7) is 30.2. The van der Waals surface area contributed by atoms with Gasteiger partial charge in [0, 0.05) is 79.7 Å². The van der Waals surface area contributed by atoms with E-state index in [0.29, 0.717) is 0 Å². The van der Waals surface area contributed by atoms with Crippen LogP contribution in [-0.4, -0.2) is 48.9 Å². The average Bonchev–Trinajstić information content (AvgIpc) is 4.15. The molecule has 10 aromatic rings. The second kappa shape index (κ2) is 30.7. The van der Waals surface area contributed by atoms with Gasteiger partial charge in [0.2, 0.25) is 0 Å². The van der Waals surface area contributed by atoms with Gasteiger partial charge in [0.15, 0.2) is 11.3 Å². The van der Waals surface area contributed by atoms with Crippen LogP contribution >= 0.6 is 11.3 Å². The minimum absolute atomic E-state index is 0.894. The third-order valence-corrected chi connectivity index (χ3v) is 8.95. The van der Waals surface area contributed by atoms with Crippen LogP contribution in [0.25, 0.3) is 48.8 Å². The van der Waals surface area contributed by atoms with Crippen molar-refractivity contribution in [1.82, 2.24) is 48.9 Å². The summed E-state index contributed by atoms with van der Waals surface area (Å²) in [7, 11) is 3.90. The summed E-state index contributed by atoms with van der Waals surface area (Å²) in [4.78, 5) is 21.2. The molecule has 10 nitrogen and oxygen atoms in total. The first-order valence-electron chi connectivity index (χ1n) is 22.1. The topological polar surface area (TPSA) is 104 Å². The van der Waals surface area contributed by atoms with E-state index in [1.165, 1.54) is 37.7 Å². The lowest BCUT2D eigenvalue weighted by molar-refractivity contribution is 0.786. The maximum atomic E-state index is 4.30. The Hall–Kier alpha value is -6.33. The molecule has 0 atom stereocenters. The van der Waals surface area contributed by atoms with Gasteiger partial charge in [-0.25, -0.2) is 19.5 Å². The summed E-state index contributed by atoms with van der Waals surface area (Å²) >= 11 is 1.74. The lowest BCUT2D eigenvalue weighted by Crippen LogP contribution is -1.90. The van der Waals surface area contributed by atoms with Crippen molar-refractivity contribution in [2.24, 2.45) is 14.1 Å². The normalized spacial score (nSPS) is 9.35. The Kier molecular flexibility index (Phi) is 26.6. The van der Waals surface area contributed by atoms with E-state index in [1.807, 2.05) is 182 Å². The van der Waals surface area contributed by atoms with E-state index < -0.39 is 0 Å². The Morgan fingerprint density at radius 3 is 1.67 bits per heavy atom. The predicted molar refractivity (Wildman–Crippen MR) is 274 cm³/mol. The highest BCUT2D eigenvalue weighted by Crippen LogP contribution is 2.19. The first kappa shape index (κ1) is 54.7. The lowest BCUT2D eigenvalue weighted by Gasteiger charge is -1.95. The van der Waals surface area contributed by atoms with Gasteiger partial charge in [-0.3, -0.25) is 14.6 Å². The second-order valence-corrected chi connectivity index (χ2v) is 13.8. The van der Waals surface area contributed by atoms with Gasteiger partial charge in [-0.15, -0.1) is 11.3 Å². The molecule has 0 fully saturated rings. The standard InChI is InChI=1S/C10H9N.C9H10N2.C8H9N3.C8H7NS.C7H7N3.5C2H6/c1-8-6-9-4-2-3-5-10(9)11-7-8;1-7-5-8-3-4-11(2)9(8)10-6-7;1-6-3-7-5-10-11(2)8(7)9-4-6;1-6-4-8-7(9-5-6)2-3-10-8;1-6-4-8-7-2-3-9-10(7)5-6;5*1-2/h2-7H,1H3;3-6H,1-2H3;3-5H,1-2H3;2*2-5H,1H3;5*1-2H3. The van der Waals surface area contributed by atoms with Gasteiger partial charge in [0.25, 0.3) is 0 Å². The zero-order valence-corrected chi connectivity index (χ0v) is 41.8. The number of aromatic nitrogens is 10. The van der Waals surface area contributed by atoms with Crippen molar-refractivity contribution in [2.75, 3.05) is 0 Å². The summed E-state index contributed by atoms with van der Waals surface area (Å²) in [6, 6.07) is 22.7. The van der Waals surface area contributed by atoms with E-state index in [2.05, 4.69) is 97.7 Å². The highest BCUT2D eigenvalue weighted by molar-refractivity contribution is 7.17. The second-order valence-electron chi connectivity index (χ2n) is 12.8. The van der Waals surface area contributed by atoms with Crippen molar-refractivity contribution in [3.8, 4) is 0 Å². The largest absolute Gasteiger partial charge is 0.336 e. The Bertz CT molecular complexity index is 2590. The number of fused-ring (bicyclic) bond motifs is 5. The molecule has 0 radical (unpaired) electrons. The molecule has 0 saturated heterocycles. The van der Waals surface area contributed by atoms with Crippen molar-refractivity contribution in [1.29, 1.82) is 0 Å². The number of hydrogen-bond acceptors (Lipinski definition) is 8. The number of nitrogens with zero attached hydrogens (tertiary/aromatic N) is 10. The van der Waals surface area contributed by atoms with Crippen LogP contribution < -0.4 is 0 Å². The smallest absolute Gasteiger partial charge is 0.157 e. The number of thiophene rings is 1. The third-order valence-electron chi connectivity index (χ3n) is 8.09. The molecule has 11 heteroatoms. The molecule has 9 aromatic heterocycles. The summed E-state index contributed by atoms with van der Waals surface area (Å²) in [5.74, 6) is 0. The molecule has 336 valence electrons. The maximum Gasteiger partial charge on any atom is 0.157 e. The summed E-state index contributed by atoms with van der Waals surface area (Å²) in [6.07, 6.45) is 16.9. The Morgan fingerprint density at radius 1 is 0.460 bits per heavy atom. The minimum Gasteiger partial charge on any atom is -0.336 e. The average molecular weight is 869 g/mol. The molecule has 0 saturated carbocycles. The predicted octanol–water partition coefficient (Wildman–Crippen LogP) is 14.5. The Morgan fingerprint density at radius 2 is 1.00 bits per heavy atom. The van der Waals surface area contributed by atoms with Crippen LogP contribution in [0, 0.1) is 34.6 Å². The van der Waals surface area contributed by atoms with Crippen LogP contribution in [0.5, 0.6) is 0 Å². The number of para-hydroxylation sites is 1. The highest BCUT2D eigenvalue weighted by atomic mass is 32.1. The number of aryl methyl sites for hydroxylation is 7. The first-order chi connectivity index (χ1) is 30.6. The third kappa shape index (κ3) is 17.5. The van der Waals surface area contributed by atoms with E-state index in [-0.39, 0.29) is 0 Å². The summed E-state index contributed by atoms with van der Waals surface area (Å²) in [5, 5.41) is 13.7. The minimum atomic E-state index is 0.894. The van der Waals surface area contributed by atoms with Gasteiger partial charge >= 0.3 is 0 Å². The van der Waals surface area contributed by atoms with Crippen LogP contribution in [0.1, 0.15) is 97.1 Å². The first-order valence-corrected chi connectivity index (χ1v) is 23.0. The van der Waals surface area contributed by atoms with Crippen LogP contribution in [0.3, 0.4) is 0 Å². The summed E-state index contributed by atoms with van der Waals surface area (Å²) in [5.41, 5.74) is 11.0. The molecule has 0 amide bonds. The molecule has 9 heterocycles. The van der Waals surface area contributed by atoms with E-state index in [4.69, 9.17) is 0 Å². The molecule has 0 bridgehead atoms. The van der Waals surface area contributed by atoms with E-state index in [0.717, 1.165) is 38.9 Å². The summed E-state index contributed by atoms with van der Waals surface area (Å²) < 4.78 is 6.83. The van der Waals surface area contributed by atoms with E-state index in [9.17, 15) is 0 Å². The van der Waals surface area contributed by atoms with Gasteiger partial charge in [-0.2, -0.15) is 10.2 Å². The van der Waals surface area contributed by atoms with Gasteiger partial charge in [0.1, 0.15) is 5.65 Å². The number of benzene rings is 1. The van der Waals surface area contributed by atoms with Gasteiger partial charge in [-0.05, 0) is 110 Å². The molecular formula is C52H72N10S. The van der Waals surface area contributed by atoms with Crippen molar-refractivity contribution in [3.63, 3.8) is 0 Å². The fraction of sp³-hybridized carbons (Fsp3) is 0.327. The van der Waals surface area contributed by atoms with Crippen LogP contribution in [-0.2, 0) is 14.1 Å². The molecule has 10 rings (SSSR count). The SMILES string of the molecule is CC.CC.CC.CC.CC.Cc1cnc2c(ccn2C)c1.Cc1cnc2c(cnn2C)c1.Cc1cnc2ccccc2c1.Cc1cnc2ccnn2c1.Cc1cnc2ccsc2c1. The fourth-order valence-corrected chi connectivity index (χ4v) is 6.29. The van der Waals surface area contributed by atoms with Crippen molar-refractivity contribution >= 4 is 60.2 Å². The van der Waals surface area contributed by atoms with Gasteiger partial charge in [-0.1, -0.05) is 87.4 Å². The zero-order valence-electron chi connectivity index (χ0n) is 41.0. The molecule has 1 aromatic carbocycles. The molecule has 0 unspecified atom stereocenters. The molecule has 0 aliphatic heterocycles. The molecule has 0 aliphatic rings. The Labute approximate surface area is 381 Å². The fourth-order valence-electron chi connectivity index (χ4n) is 5.45. The van der Waals surface area contributed by atoms with E-state index in [1.54, 1.807) is 26.7 Å². The lowest BCUT2D eigenvalue weighted by atomic mass is 10.2. The monoisotopic (exact) mass is 869 g/mol. The van der Waals surface area contributed by atoms with Gasteiger partial charge in [0.05, 0.1) is 28.1 Å². The van der Waals surface area contributed by atoms with Crippen LogP contribution in [0.15, 0.2) is 128 Å². The molecule has 0 N–H and O–H groups in total. The molecule has 0 aliphatic carbocycles. The highest BCUT2D eigenvalue weighted by Gasteiger charge is 1.99.